The molecule has 4 heteroatoms. The van der Waals surface area contributed by atoms with Crippen LogP contribution in [0.25, 0.3) is 11.0 Å². The van der Waals surface area contributed by atoms with Crippen molar-refractivity contribution < 1.29 is 0 Å². The summed E-state index contributed by atoms with van der Waals surface area (Å²) in [7, 11) is 0. The van der Waals surface area contributed by atoms with Gasteiger partial charge in [-0.2, -0.15) is 0 Å². The smallest absolute Gasteiger partial charge is 0.124 e. The van der Waals surface area contributed by atoms with Crippen LogP contribution in [0.3, 0.4) is 0 Å². The Morgan fingerprint density at radius 3 is 2.32 bits per heavy atom. The maximum Gasteiger partial charge on any atom is 0.124 e. The van der Waals surface area contributed by atoms with Gasteiger partial charge in [0.15, 0.2) is 0 Å². The van der Waals surface area contributed by atoms with Gasteiger partial charge in [0.2, 0.25) is 0 Å². The molecular weight excluding hydrogens is 330 g/mol. The maximum absolute atomic E-state index is 6.01. The average molecular weight is 356 g/mol. The first-order valence-electron chi connectivity index (χ1n) is 9.20. The van der Waals surface area contributed by atoms with E-state index >= 15 is 0 Å². The van der Waals surface area contributed by atoms with E-state index in [9.17, 15) is 0 Å². The summed E-state index contributed by atoms with van der Waals surface area (Å²) in [4.78, 5) is 7.38. The number of hydrogen-bond donors (Lipinski definition) is 0. The number of fused-ring (bicyclic) bond motifs is 1. The number of aromatic nitrogens is 2. The number of para-hydroxylation sites is 2. The molecule has 1 fully saturated rings. The van der Waals surface area contributed by atoms with Gasteiger partial charge in [-0.05, 0) is 55.8 Å². The van der Waals surface area contributed by atoms with Gasteiger partial charge in [0.25, 0.3) is 0 Å². The van der Waals surface area contributed by atoms with E-state index in [0.29, 0.717) is 0 Å². The molecule has 0 saturated carbocycles. The van der Waals surface area contributed by atoms with Crippen LogP contribution in [0.5, 0.6) is 0 Å². The molecule has 0 bridgehead atoms. The number of rotatable bonds is 4. The molecule has 2 heterocycles. The Morgan fingerprint density at radius 2 is 1.60 bits per heavy atom. The molecular formula is C21H26ClN3. The van der Waals surface area contributed by atoms with Crippen LogP contribution < -0.4 is 0 Å². The van der Waals surface area contributed by atoms with Crippen LogP contribution in [0.4, 0.5) is 0 Å². The number of hydrogen-bond acceptors (Lipinski definition) is 2. The van der Waals surface area contributed by atoms with E-state index in [1.165, 1.54) is 37.0 Å². The second-order valence-electron chi connectivity index (χ2n) is 6.21. The topological polar surface area (TPSA) is 21.1 Å². The summed E-state index contributed by atoms with van der Waals surface area (Å²) < 4.78 is 2.34. The van der Waals surface area contributed by atoms with Crippen LogP contribution in [0.15, 0.2) is 48.5 Å². The monoisotopic (exact) mass is 355 g/mol. The van der Waals surface area contributed by atoms with Crippen LogP contribution in [-0.2, 0) is 13.1 Å². The molecule has 25 heavy (non-hydrogen) atoms. The van der Waals surface area contributed by atoms with Gasteiger partial charge in [-0.1, -0.05) is 49.7 Å². The fraction of sp³-hybridized carbons (Fsp3) is 0.381. The third kappa shape index (κ3) is 4.23. The number of nitrogens with zero attached hydrogens (tertiary/aromatic N) is 3. The highest BCUT2D eigenvalue weighted by molar-refractivity contribution is 6.30. The highest BCUT2D eigenvalue weighted by Crippen LogP contribution is 2.21. The molecule has 0 unspecified atom stereocenters. The van der Waals surface area contributed by atoms with Crippen molar-refractivity contribution in [2.24, 2.45) is 0 Å². The first-order valence-corrected chi connectivity index (χ1v) is 9.58. The highest BCUT2D eigenvalue weighted by Gasteiger charge is 2.17. The molecule has 1 saturated heterocycles. The Labute approximate surface area is 155 Å². The maximum atomic E-state index is 6.01. The molecule has 0 aliphatic carbocycles. The summed E-state index contributed by atoms with van der Waals surface area (Å²) in [5, 5.41) is 0.779. The molecule has 0 amide bonds. The van der Waals surface area contributed by atoms with E-state index < -0.39 is 0 Å². The van der Waals surface area contributed by atoms with E-state index in [1.807, 2.05) is 26.0 Å². The predicted molar refractivity (Wildman–Crippen MR) is 106 cm³/mol. The van der Waals surface area contributed by atoms with E-state index in [4.69, 9.17) is 16.6 Å². The molecule has 1 aliphatic heterocycles. The lowest BCUT2D eigenvalue weighted by Crippen LogP contribution is -2.21. The van der Waals surface area contributed by atoms with Crippen LogP contribution in [-0.4, -0.2) is 27.5 Å². The molecule has 132 valence electrons. The molecule has 3 aromatic rings. The lowest BCUT2D eigenvalue weighted by molar-refractivity contribution is 0.318. The second-order valence-corrected chi connectivity index (χ2v) is 6.65. The lowest BCUT2D eigenvalue weighted by Gasteiger charge is -2.16. The average Bonchev–Trinajstić information content (AvgIpc) is 3.28. The minimum atomic E-state index is 0.779. The molecule has 0 atom stereocenters. The van der Waals surface area contributed by atoms with E-state index in [0.717, 1.165) is 29.5 Å². The molecule has 3 nitrogen and oxygen atoms in total. The van der Waals surface area contributed by atoms with Crippen molar-refractivity contribution in [2.75, 3.05) is 13.1 Å². The minimum Gasteiger partial charge on any atom is -0.322 e. The molecule has 0 N–H and O–H groups in total. The lowest BCUT2D eigenvalue weighted by atomic mass is 10.2. The first kappa shape index (κ1) is 18.0. The molecule has 0 spiro atoms. The molecule has 1 aromatic heterocycles. The van der Waals surface area contributed by atoms with Crippen LogP contribution in [0.1, 0.15) is 38.1 Å². The SMILES string of the molecule is CC.Clc1ccc(Cn2c(CN3CCCC3)nc3ccccc32)cc1. The molecule has 1 aliphatic rings. The first-order chi connectivity index (χ1) is 12.3. The van der Waals surface area contributed by atoms with Gasteiger partial charge < -0.3 is 4.57 Å². The summed E-state index contributed by atoms with van der Waals surface area (Å²) >= 11 is 6.01. The fourth-order valence-electron chi connectivity index (χ4n) is 3.34. The minimum absolute atomic E-state index is 0.779. The molecule has 0 radical (unpaired) electrons. The third-order valence-electron chi connectivity index (χ3n) is 4.55. The zero-order chi connectivity index (χ0) is 17.6. The summed E-state index contributed by atoms with van der Waals surface area (Å²) in [6.45, 7) is 8.14. The Hall–Kier alpha value is -1.84. The van der Waals surface area contributed by atoms with Crippen LogP contribution >= 0.6 is 11.6 Å². The summed E-state index contributed by atoms with van der Waals surface area (Å²) in [6, 6.07) is 16.5. The molecule has 4 rings (SSSR count). The summed E-state index contributed by atoms with van der Waals surface area (Å²) in [5.74, 6) is 1.16. The van der Waals surface area contributed by atoms with Crippen molar-refractivity contribution in [2.45, 2.75) is 39.8 Å². The fourth-order valence-corrected chi connectivity index (χ4v) is 3.46. The largest absolute Gasteiger partial charge is 0.322 e. The second kappa shape index (κ2) is 8.50. The number of imidazole rings is 1. The molecule has 2 aromatic carbocycles. The van der Waals surface area contributed by atoms with Crippen molar-refractivity contribution in [3.8, 4) is 0 Å². The van der Waals surface area contributed by atoms with E-state index in [-0.39, 0.29) is 0 Å². The van der Waals surface area contributed by atoms with Gasteiger partial charge in [-0.25, -0.2) is 4.98 Å². The Bertz CT molecular complexity index is 802. The van der Waals surface area contributed by atoms with Crippen molar-refractivity contribution in [1.29, 1.82) is 0 Å². The van der Waals surface area contributed by atoms with Gasteiger partial charge >= 0.3 is 0 Å². The van der Waals surface area contributed by atoms with Crippen LogP contribution in [0, 0.1) is 0 Å². The van der Waals surface area contributed by atoms with Crippen molar-refractivity contribution in [3.05, 3.63) is 64.9 Å². The van der Waals surface area contributed by atoms with Crippen molar-refractivity contribution in [1.82, 2.24) is 14.5 Å². The van der Waals surface area contributed by atoms with Gasteiger partial charge in [-0.15, -0.1) is 0 Å². The van der Waals surface area contributed by atoms with Gasteiger partial charge in [0, 0.05) is 11.6 Å². The Morgan fingerprint density at radius 1 is 0.920 bits per heavy atom. The van der Waals surface area contributed by atoms with Crippen molar-refractivity contribution >= 4 is 22.6 Å². The number of likely N-dealkylation sites (tertiary alicyclic amines) is 1. The zero-order valence-electron chi connectivity index (χ0n) is 15.1. The van der Waals surface area contributed by atoms with Crippen molar-refractivity contribution in [3.63, 3.8) is 0 Å². The Balaban J connectivity index is 0.000000880. The standard InChI is InChI=1S/C19H20ClN3.C2H6/c20-16-9-7-15(8-10-16)13-23-18-6-2-1-5-17(18)21-19(23)14-22-11-3-4-12-22;1-2/h1-2,5-10H,3-4,11-14H2;1-2H3. The highest BCUT2D eigenvalue weighted by atomic mass is 35.5. The normalized spacial score (nSPS) is 14.5. The zero-order valence-corrected chi connectivity index (χ0v) is 15.8. The number of halogens is 1. The Kier molecular flexibility index (Phi) is 6.11. The summed E-state index contributed by atoms with van der Waals surface area (Å²) in [6.07, 6.45) is 2.61. The van der Waals surface area contributed by atoms with Gasteiger partial charge in [0.05, 0.1) is 17.6 Å². The quantitative estimate of drug-likeness (QED) is 0.628. The van der Waals surface area contributed by atoms with E-state index in [2.05, 4.69) is 45.9 Å². The van der Waals surface area contributed by atoms with Crippen LogP contribution in [0.2, 0.25) is 5.02 Å². The number of benzene rings is 2. The van der Waals surface area contributed by atoms with Gasteiger partial charge in [-0.3, -0.25) is 4.90 Å². The summed E-state index contributed by atoms with van der Waals surface area (Å²) in [5.41, 5.74) is 3.53. The third-order valence-corrected chi connectivity index (χ3v) is 4.80. The van der Waals surface area contributed by atoms with E-state index in [1.54, 1.807) is 0 Å². The predicted octanol–water partition coefficient (Wildman–Crippen LogP) is 5.36. The van der Waals surface area contributed by atoms with Gasteiger partial charge in [0.1, 0.15) is 5.82 Å².